The normalized spacial score (nSPS) is 13.8. The molecule has 1 heterocycles. The second-order valence-electron chi connectivity index (χ2n) is 6.47. The fraction of sp³-hybridized carbons (Fsp3) is 0.300. The Bertz CT molecular complexity index is 953. The number of carbonyl (C=O) groups excluding carboxylic acids is 2. The molecule has 0 bridgehead atoms. The number of carbonyl (C=O) groups is 2. The number of primary amides is 1. The van der Waals surface area contributed by atoms with Gasteiger partial charge in [-0.15, -0.1) is 11.3 Å². The van der Waals surface area contributed by atoms with Gasteiger partial charge in [0.05, 0.1) is 17.7 Å². The van der Waals surface area contributed by atoms with Gasteiger partial charge >= 0.3 is 0 Å². The molecule has 0 aliphatic heterocycles. The molecule has 3 N–H and O–H groups in total. The number of amides is 2. The molecule has 1 aliphatic carbocycles. The zero-order valence-corrected chi connectivity index (χ0v) is 17.6. The van der Waals surface area contributed by atoms with E-state index < -0.39 is 5.91 Å². The molecule has 0 saturated heterocycles. The minimum Gasteiger partial charge on any atom is -0.495 e. The van der Waals surface area contributed by atoms with Crippen molar-refractivity contribution in [3.63, 3.8) is 0 Å². The van der Waals surface area contributed by atoms with Crippen LogP contribution in [0.5, 0.6) is 5.75 Å². The van der Waals surface area contributed by atoms with Crippen LogP contribution in [0.2, 0.25) is 10.0 Å². The quantitative estimate of drug-likeness (QED) is 0.503. The molecule has 8 heteroatoms. The molecule has 28 heavy (non-hydrogen) atoms. The Hall–Kier alpha value is -2.02. The first-order valence-corrected chi connectivity index (χ1v) is 10.4. The number of rotatable bonds is 5. The van der Waals surface area contributed by atoms with Crippen molar-refractivity contribution in [3.8, 4) is 5.75 Å². The van der Waals surface area contributed by atoms with Crippen molar-refractivity contribution in [2.75, 3.05) is 12.4 Å². The summed E-state index contributed by atoms with van der Waals surface area (Å²) in [6.07, 6.45) is 7.86. The Kier molecular flexibility index (Phi) is 6.65. The van der Waals surface area contributed by atoms with E-state index in [1.807, 2.05) is 0 Å². The number of fused-ring (bicyclic) bond motifs is 1. The maximum atomic E-state index is 12.5. The topological polar surface area (TPSA) is 81.4 Å². The van der Waals surface area contributed by atoms with Crippen molar-refractivity contribution in [1.29, 1.82) is 0 Å². The minimum absolute atomic E-state index is 0.355. The van der Waals surface area contributed by atoms with Gasteiger partial charge in [-0.25, -0.2) is 0 Å². The fourth-order valence-electron chi connectivity index (χ4n) is 3.33. The Morgan fingerprint density at radius 2 is 1.96 bits per heavy atom. The second-order valence-corrected chi connectivity index (χ2v) is 8.41. The van der Waals surface area contributed by atoms with Crippen molar-refractivity contribution in [2.24, 2.45) is 5.73 Å². The number of nitrogens with two attached hydrogens (primary N) is 1. The molecule has 5 nitrogen and oxygen atoms in total. The summed E-state index contributed by atoms with van der Waals surface area (Å²) in [6, 6.07) is 3.22. The highest BCUT2D eigenvalue weighted by molar-refractivity contribution is 7.17. The number of hydrogen-bond donors (Lipinski definition) is 2. The molecule has 1 aromatic carbocycles. The summed E-state index contributed by atoms with van der Waals surface area (Å²) in [6.45, 7) is 0. The summed E-state index contributed by atoms with van der Waals surface area (Å²) in [5, 5.41) is 4.09. The van der Waals surface area contributed by atoms with Crippen LogP contribution in [-0.2, 0) is 17.6 Å². The van der Waals surface area contributed by atoms with E-state index in [4.69, 9.17) is 33.7 Å². The van der Waals surface area contributed by atoms with E-state index >= 15 is 0 Å². The SMILES string of the molecule is COc1c(Cl)cc(Cl)cc1/C=C/C(=O)Nc1sc2c(c1C(N)=O)CCCCC2. The molecule has 0 saturated carbocycles. The van der Waals surface area contributed by atoms with E-state index in [-0.39, 0.29) is 5.91 Å². The molecule has 0 atom stereocenters. The number of benzene rings is 1. The fourth-order valence-corrected chi connectivity index (χ4v) is 5.21. The highest BCUT2D eigenvalue weighted by atomic mass is 35.5. The van der Waals surface area contributed by atoms with Crippen molar-refractivity contribution in [3.05, 3.63) is 49.8 Å². The third-order valence-corrected chi connectivity index (χ3v) is 6.27. The van der Waals surface area contributed by atoms with Crippen LogP contribution in [0.3, 0.4) is 0 Å². The van der Waals surface area contributed by atoms with E-state index in [2.05, 4.69) is 5.32 Å². The van der Waals surface area contributed by atoms with Crippen LogP contribution in [0.25, 0.3) is 6.08 Å². The Labute approximate surface area is 177 Å². The number of ether oxygens (including phenoxy) is 1. The van der Waals surface area contributed by atoms with Crippen molar-refractivity contribution >= 4 is 57.4 Å². The number of methoxy groups -OCH3 is 1. The van der Waals surface area contributed by atoms with Gasteiger partial charge in [-0.05, 0) is 49.5 Å². The summed E-state index contributed by atoms with van der Waals surface area (Å²) in [4.78, 5) is 25.6. The van der Waals surface area contributed by atoms with Gasteiger partial charge < -0.3 is 15.8 Å². The monoisotopic (exact) mass is 438 g/mol. The molecule has 3 rings (SSSR count). The lowest BCUT2D eigenvalue weighted by molar-refractivity contribution is -0.111. The van der Waals surface area contributed by atoms with E-state index in [0.29, 0.717) is 31.9 Å². The maximum absolute atomic E-state index is 12.5. The summed E-state index contributed by atoms with van der Waals surface area (Å²) in [7, 11) is 1.49. The van der Waals surface area contributed by atoms with Crippen LogP contribution in [0.15, 0.2) is 18.2 Å². The van der Waals surface area contributed by atoms with Crippen LogP contribution in [0.4, 0.5) is 5.00 Å². The molecule has 0 fully saturated rings. The number of anilines is 1. The first-order chi connectivity index (χ1) is 13.4. The summed E-state index contributed by atoms with van der Waals surface area (Å²) in [5.41, 5.74) is 7.60. The molecular formula is C20H20Cl2N2O3S. The molecule has 2 amide bonds. The summed E-state index contributed by atoms with van der Waals surface area (Å²) >= 11 is 13.6. The van der Waals surface area contributed by atoms with Crippen LogP contribution >= 0.6 is 34.5 Å². The van der Waals surface area contributed by atoms with Crippen LogP contribution < -0.4 is 15.8 Å². The van der Waals surface area contributed by atoms with E-state index in [9.17, 15) is 9.59 Å². The molecule has 2 aromatic rings. The molecule has 148 valence electrons. The summed E-state index contributed by atoms with van der Waals surface area (Å²) < 4.78 is 5.27. The molecule has 1 aliphatic rings. The predicted octanol–water partition coefficient (Wildman–Crippen LogP) is 5.08. The molecular weight excluding hydrogens is 419 g/mol. The average molecular weight is 439 g/mol. The zero-order chi connectivity index (χ0) is 20.3. The van der Waals surface area contributed by atoms with Gasteiger partial charge in [-0.2, -0.15) is 0 Å². The second kappa shape index (κ2) is 8.99. The molecule has 0 radical (unpaired) electrons. The Morgan fingerprint density at radius 1 is 1.21 bits per heavy atom. The molecule has 0 unspecified atom stereocenters. The standard InChI is InChI=1S/C20H20Cl2N2O3S/c1-27-18-11(9-12(21)10-14(18)22)7-8-16(25)24-20-17(19(23)26)13-5-3-2-4-6-15(13)28-20/h7-10H,2-6H2,1H3,(H2,23,26)(H,24,25)/b8-7+. The molecule has 1 aromatic heterocycles. The van der Waals surface area contributed by atoms with Crippen LogP contribution in [0, 0.1) is 0 Å². The highest BCUT2D eigenvalue weighted by Gasteiger charge is 2.23. The van der Waals surface area contributed by atoms with Crippen molar-refractivity contribution in [1.82, 2.24) is 0 Å². The van der Waals surface area contributed by atoms with E-state index in [1.165, 1.54) is 24.5 Å². The van der Waals surface area contributed by atoms with Gasteiger partial charge in [-0.1, -0.05) is 29.6 Å². The lowest BCUT2D eigenvalue weighted by atomic mass is 10.1. The predicted molar refractivity (Wildman–Crippen MR) is 115 cm³/mol. The third-order valence-electron chi connectivity index (χ3n) is 4.56. The van der Waals surface area contributed by atoms with E-state index in [0.717, 1.165) is 42.5 Å². The Morgan fingerprint density at radius 3 is 2.68 bits per heavy atom. The highest BCUT2D eigenvalue weighted by Crippen LogP contribution is 2.37. The van der Waals surface area contributed by atoms with Crippen LogP contribution in [-0.4, -0.2) is 18.9 Å². The zero-order valence-electron chi connectivity index (χ0n) is 15.3. The van der Waals surface area contributed by atoms with Crippen LogP contribution in [0.1, 0.15) is 45.6 Å². The largest absolute Gasteiger partial charge is 0.495 e. The van der Waals surface area contributed by atoms with Gasteiger partial charge in [0, 0.05) is 21.5 Å². The smallest absolute Gasteiger partial charge is 0.251 e. The Balaban J connectivity index is 1.84. The maximum Gasteiger partial charge on any atom is 0.251 e. The number of nitrogens with one attached hydrogen (secondary N) is 1. The van der Waals surface area contributed by atoms with Crippen molar-refractivity contribution < 1.29 is 14.3 Å². The first-order valence-electron chi connectivity index (χ1n) is 8.87. The number of aryl methyl sites for hydroxylation is 1. The van der Waals surface area contributed by atoms with Gasteiger partial charge in [0.2, 0.25) is 5.91 Å². The third kappa shape index (κ3) is 4.51. The van der Waals surface area contributed by atoms with Gasteiger partial charge in [0.1, 0.15) is 10.8 Å². The van der Waals surface area contributed by atoms with Gasteiger partial charge in [0.15, 0.2) is 0 Å². The number of hydrogen-bond acceptors (Lipinski definition) is 4. The lowest BCUT2D eigenvalue weighted by Crippen LogP contribution is -2.17. The lowest BCUT2D eigenvalue weighted by Gasteiger charge is -2.08. The summed E-state index contributed by atoms with van der Waals surface area (Å²) in [5.74, 6) is -0.463. The minimum atomic E-state index is -0.512. The van der Waals surface area contributed by atoms with E-state index in [1.54, 1.807) is 18.2 Å². The number of thiophene rings is 1. The molecule has 0 spiro atoms. The number of halogens is 2. The average Bonchev–Trinajstić information content (AvgIpc) is 2.80. The van der Waals surface area contributed by atoms with Gasteiger partial charge in [-0.3, -0.25) is 9.59 Å². The van der Waals surface area contributed by atoms with Gasteiger partial charge in [0.25, 0.3) is 5.91 Å². The first kappa shape index (κ1) is 20.7. The van der Waals surface area contributed by atoms with Crippen molar-refractivity contribution in [2.45, 2.75) is 32.1 Å².